The minimum atomic E-state index is -0.0773. The number of nitrogens with zero attached hydrogens (tertiary/aromatic N) is 1. The number of thiophene rings is 1. The molecular weight excluding hydrogens is 270 g/mol. The highest BCUT2D eigenvalue weighted by Gasteiger charge is 2.22. The van der Waals surface area contributed by atoms with Gasteiger partial charge in [0.25, 0.3) is 0 Å². The van der Waals surface area contributed by atoms with Crippen LogP contribution in [0.2, 0.25) is 0 Å². The van der Waals surface area contributed by atoms with E-state index in [-0.39, 0.29) is 5.78 Å². The van der Waals surface area contributed by atoms with Gasteiger partial charge in [0.05, 0.1) is 10.6 Å². The minimum absolute atomic E-state index is 0.0773. The summed E-state index contributed by atoms with van der Waals surface area (Å²) in [5, 5.41) is 13.4. The smallest absolute Gasteiger partial charge is 0.171 e. The zero-order chi connectivity index (χ0) is 14.7. The Labute approximate surface area is 124 Å². The van der Waals surface area contributed by atoms with Gasteiger partial charge in [-0.2, -0.15) is 5.26 Å². The van der Waals surface area contributed by atoms with Crippen LogP contribution in [0.5, 0.6) is 0 Å². The SMILES string of the molecule is CC(=O)c1sc(NC2CCCC(C)CC2)c(C#N)c1N. The molecule has 0 bridgehead atoms. The molecule has 0 aromatic carbocycles. The highest BCUT2D eigenvalue weighted by molar-refractivity contribution is 7.19. The van der Waals surface area contributed by atoms with Crippen molar-refractivity contribution < 1.29 is 4.79 Å². The molecule has 0 saturated heterocycles. The van der Waals surface area contributed by atoms with Gasteiger partial charge in [0.15, 0.2) is 5.78 Å². The second-order valence-corrected chi connectivity index (χ2v) is 6.69. The van der Waals surface area contributed by atoms with E-state index in [1.165, 1.54) is 37.5 Å². The van der Waals surface area contributed by atoms with Crippen molar-refractivity contribution in [1.82, 2.24) is 0 Å². The van der Waals surface area contributed by atoms with Gasteiger partial charge in [0.2, 0.25) is 0 Å². The van der Waals surface area contributed by atoms with E-state index in [1.807, 2.05) is 0 Å². The van der Waals surface area contributed by atoms with Crippen molar-refractivity contribution in [2.75, 3.05) is 11.1 Å². The van der Waals surface area contributed by atoms with Crippen molar-refractivity contribution in [3.05, 3.63) is 10.4 Å². The van der Waals surface area contributed by atoms with Crippen molar-refractivity contribution in [1.29, 1.82) is 5.26 Å². The topological polar surface area (TPSA) is 78.9 Å². The van der Waals surface area contributed by atoms with Gasteiger partial charge in [0, 0.05) is 13.0 Å². The molecule has 2 atom stereocenters. The molecule has 1 fully saturated rings. The maximum Gasteiger partial charge on any atom is 0.171 e. The quantitative estimate of drug-likeness (QED) is 0.656. The van der Waals surface area contributed by atoms with E-state index in [2.05, 4.69) is 18.3 Å². The van der Waals surface area contributed by atoms with Crippen molar-refractivity contribution in [2.24, 2.45) is 5.92 Å². The van der Waals surface area contributed by atoms with Crippen LogP contribution < -0.4 is 11.1 Å². The van der Waals surface area contributed by atoms with Crippen LogP contribution in [0.4, 0.5) is 10.7 Å². The predicted molar refractivity (Wildman–Crippen MR) is 83.1 cm³/mol. The van der Waals surface area contributed by atoms with Gasteiger partial charge in [0.1, 0.15) is 16.6 Å². The van der Waals surface area contributed by atoms with Gasteiger partial charge in [-0.05, 0) is 25.2 Å². The molecule has 5 heteroatoms. The van der Waals surface area contributed by atoms with Gasteiger partial charge in [-0.25, -0.2) is 0 Å². The summed E-state index contributed by atoms with van der Waals surface area (Å²) >= 11 is 1.31. The summed E-state index contributed by atoms with van der Waals surface area (Å²) in [6.07, 6.45) is 5.91. The van der Waals surface area contributed by atoms with E-state index >= 15 is 0 Å². The van der Waals surface area contributed by atoms with Crippen molar-refractivity contribution >= 4 is 27.8 Å². The Morgan fingerprint density at radius 2 is 2.15 bits per heavy atom. The molecule has 4 nitrogen and oxygen atoms in total. The first-order valence-corrected chi connectivity index (χ1v) is 7.94. The summed E-state index contributed by atoms with van der Waals surface area (Å²) in [6, 6.07) is 2.50. The number of rotatable bonds is 3. The average Bonchev–Trinajstić information content (AvgIpc) is 2.56. The lowest BCUT2D eigenvalue weighted by atomic mass is 10.0. The second-order valence-electron chi connectivity index (χ2n) is 5.67. The molecule has 0 spiro atoms. The Balaban J connectivity index is 2.19. The molecule has 2 rings (SSSR count). The first kappa shape index (κ1) is 14.9. The molecule has 20 heavy (non-hydrogen) atoms. The van der Waals surface area contributed by atoms with E-state index in [1.54, 1.807) is 0 Å². The molecule has 0 radical (unpaired) electrons. The van der Waals surface area contributed by atoms with Crippen LogP contribution in [-0.2, 0) is 0 Å². The van der Waals surface area contributed by atoms with Crippen LogP contribution in [-0.4, -0.2) is 11.8 Å². The summed E-state index contributed by atoms with van der Waals surface area (Å²) < 4.78 is 0. The molecule has 108 valence electrons. The summed E-state index contributed by atoms with van der Waals surface area (Å²) in [4.78, 5) is 12.0. The first-order valence-electron chi connectivity index (χ1n) is 7.12. The summed E-state index contributed by atoms with van der Waals surface area (Å²) in [5.74, 6) is 0.699. The molecule has 1 saturated carbocycles. The molecule has 1 aliphatic carbocycles. The largest absolute Gasteiger partial charge is 0.396 e. The van der Waals surface area contributed by atoms with Gasteiger partial charge in [-0.15, -0.1) is 11.3 Å². The van der Waals surface area contributed by atoms with Gasteiger partial charge >= 0.3 is 0 Å². The van der Waals surface area contributed by atoms with Crippen LogP contribution in [0, 0.1) is 17.2 Å². The molecule has 0 amide bonds. The second kappa shape index (κ2) is 6.27. The normalized spacial score (nSPS) is 22.9. The number of carbonyl (C=O) groups is 1. The fourth-order valence-corrected chi connectivity index (χ4v) is 3.78. The molecule has 1 heterocycles. The Bertz CT molecular complexity index is 544. The molecule has 1 aliphatic rings. The van der Waals surface area contributed by atoms with E-state index in [0.29, 0.717) is 22.2 Å². The molecule has 3 N–H and O–H groups in total. The van der Waals surface area contributed by atoms with E-state index < -0.39 is 0 Å². The van der Waals surface area contributed by atoms with Crippen LogP contribution in [0.15, 0.2) is 0 Å². The number of nitrogen functional groups attached to an aromatic ring is 1. The third kappa shape index (κ3) is 3.13. The lowest BCUT2D eigenvalue weighted by molar-refractivity contribution is 0.102. The zero-order valence-electron chi connectivity index (χ0n) is 12.0. The third-order valence-corrected chi connectivity index (χ3v) is 5.21. The zero-order valence-corrected chi connectivity index (χ0v) is 12.8. The monoisotopic (exact) mass is 291 g/mol. The van der Waals surface area contributed by atoms with Gasteiger partial charge in [-0.3, -0.25) is 4.79 Å². The number of Topliss-reactive ketones (excluding diaryl/α,β-unsaturated/α-hetero) is 1. The number of anilines is 2. The number of hydrogen-bond donors (Lipinski definition) is 2. The lowest BCUT2D eigenvalue weighted by Gasteiger charge is -2.16. The average molecular weight is 291 g/mol. The summed E-state index contributed by atoms with van der Waals surface area (Å²) in [7, 11) is 0. The van der Waals surface area contributed by atoms with Gasteiger partial charge < -0.3 is 11.1 Å². The van der Waals surface area contributed by atoms with E-state index in [4.69, 9.17) is 5.73 Å². The van der Waals surface area contributed by atoms with Crippen LogP contribution >= 0.6 is 11.3 Å². The molecule has 1 aromatic heterocycles. The lowest BCUT2D eigenvalue weighted by Crippen LogP contribution is -2.18. The fourth-order valence-electron chi connectivity index (χ4n) is 2.73. The van der Waals surface area contributed by atoms with E-state index in [9.17, 15) is 10.1 Å². The third-order valence-electron chi connectivity index (χ3n) is 3.97. The summed E-state index contributed by atoms with van der Waals surface area (Å²) in [6.45, 7) is 3.78. The van der Waals surface area contributed by atoms with Crippen molar-refractivity contribution in [3.8, 4) is 6.07 Å². The van der Waals surface area contributed by atoms with Crippen molar-refractivity contribution in [2.45, 2.75) is 52.0 Å². The molecule has 2 unspecified atom stereocenters. The highest BCUT2D eigenvalue weighted by Crippen LogP contribution is 2.37. The Morgan fingerprint density at radius 3 is 2.80 bits per heavy atom. The number of hydrogen-bond acceptors (Lipinski definition) is 5. The maximum atomic E-state index is 11.5. The number of carbonyl (C=O) groups excluding carboxylic acids is 1. The standard InChI is InChI=1S/C15H21N3OS/c1-9-4-3-5-11(7-6-9)18-15-12(8-16)13(17)14(20-15)10(2)19/h9,11,18H,3-7,17H2,1-2H3. The van der Waals surface area contributed by atoms with E-state index in [0.717, 1.165) is 23.8 Å². The molecule has 1 aromatic rings. The van der Waals surface area contributed by atoms with Crippen LogP contribution in [0.25, 0.3) is 0 Å². The highest BCUT2D eigenvalue weighted by atomic mass is 32.1. The van der Waals surface area contributed by atoms with Crippen LogP contribution in [0.1, 0.15) is 61.2 Å². The number of ketones is 1. The Morgan fingerprint density at radius 1 is 1.40 bits per heavy atom. The first-order chi connectivity index (χ1) is 9.52. The Hall–Kier alpha value is -1.54. The van der Waals surface area contributed by atoms with Crippen molar-refractivity contribution in [3.63, 3.8) is 0 Å². The van der Waals surface area contributed by atoms with Crippen LogP contribution in [0.3, 0.4) is 0 Å². The maximum absolute atomic E-state index is 11.5. The number of nitriles is 1. The summed E-state index contributed by atoms with van der Waals surface area (Å²) in [5.41, 5.74) is 6.66. The van der Waals surface area contributed by atoms with Gasteiger partial charge in [-0.1, -0.05) is 19.8 Å². The number of nitrogens with two attached hydrogens (primary N) is 1. The number of nitrogens with one attached hydrogen (secondary N) is 1. The minimum Gasteiger partial charge on any atom is -0.396 e. The Kier molecular flexibility index (Phi) is 4.66. The fraction of sp³-hybridized carbons (Fsp3) is 0.600. The molecule has 0 aliphatic heterocycles. The predicted octanol–water partition coefficient (Wildman–Crippen LogP) is 3.79. The molecular formula is C15H21N3OS.